The summed E-state index contributed by atoms with van der Waals surface area (Å²) in [5.41, 5.74) is 2.30. The van der Waals surface area contributed by atoms with Crippen LogP contribution in [0, 0.1) is 20.2 Å². The zero-order valence-corrected chi connectivity index (χ0v) is 8.55. The van der Waals surface area contributed by atoms with Gasteiger partial charge in [0.05, 0.1) is 21.5 Å². The monoisotopic (exact) mass is 265 g/mol. The normalized spacial score (nSPS) is 13.1. The molecule has 1 aromatic rings. The van der Waals surface area contributed by atoms with E-state index in [1.165, 1.54) is 0 Å². The van der Waals surface area contributed by atoms with E-state index in [1.807, 2.05) is 0 Å². The summed E-state index contributed by atoms with van der Waals surface area (Å²) >= 11 is 0. The minimum Gasteiger partial charge on any atom is -0.316 e. The number of benzene rings is 1. The van der Waals surface area contributed by atoms with Crippen molar-refractivity contribution in [2.24, 2.45) is 5.73 Å². The highest BCUT2D eigenvalue weighted by molar-refractivity contribution is 5.50. The minimum absolute atomic E-state index is 0.445. The van der Waals surface area contributed by atoms with Crippen LogP contribution in [0.5, 0.6) is 0 Å². The lowest BCUT2D eigenvalue weighted by atomic mass is 10.0. The number of nitrogens with zero attached hydrogens (tertiary/aromatic N) is 2. The Morgan fingerprint density at radius 3 is 2.11 bits per heavy atom. The van der Waals surface area contributed by atoms with Gasteiger partial charge in [0.25, 0.3) is 11.4 Å². The van der Waals surface area contributed by atoms with E-state index in [0.29, 0.717) is 12.1 Å². The molecule has 0 fully saturated rings. The van der Waals surface area contributed by atoms with E-state index in [1.54, 1.807) is 0 Å². The van der Waals surface area contributed by atoms with Crippen LogP contribution in [-0.2, 0) is 0 Å². The largest absolute Gasteiger partial charge is 0.407 e. The first-order valence-electron chi connectivity index (χ1n) is 4.39. The van der Waals surface area contributed by atoms with E-state index in [9.17, 15) is 33.4 Å². The molecule has 1 atom stereocenters. The molecule has 0 saturated heterocycles. The van der Waals surface area contributed by atoms with E-state index < -0.39 is 39.0 Å². The third-order valence-electron chi connectivity index (χ3n) is 2.11. The van der Waals surface area contributed by atoms with E-state index in [0.717, 1.165) is 6.07 Å². The second-order valence-electron chi connectivity index (χ2n) is 3.28. The van der Waals surface area contributed by atoms with Crippen LogP contribution in [-0.4, -0.2) is 16.0 Å². The summed E-state index contributed by atoms with van der Waals surface area (Å²) in [5, 5.41) is 21.0. The van der Waals surface area contributed by atoms with Gasteiger partial charge in [0.2, 0.25) is 0 Å². The average Bonchev–Trinajstić information content (AvgIpc) is 2.25. The fourth-order valence-electron chi connectivity index (χ4n) is 1.24. The summed E-state index contributed by atoms with van der Waals surface area (Å²) in [4.78, 5) is 18.9. The quantitative estimate of drug-likeness (QED) is 0.663. The summed E-state index contributed by atoms with van der Waals surface area (Å²) in [5.74, 6) is 0. The highest BCUT2D eigenvalue weighted by Crippen LogP contribution is 2.36. The molecule has 0 aliphatic rings. The van der Waals surface area contributed by atoms with Crippen molar-refractivity contribution in [2.75, 3.05) is 0 Å². The van der Waals surface area contributed by atoms with Crippen molar-refractivity contribution < 1.29 is 23.0 Å². The molecule has 0 aliphatic carbocycles. The van der Waals surface area contributed by atoms with Crippen molar-refractivity contribution in [3.05, 3.63) is 44.0 Å². The first-order valence-corrected chi connectivity index (χ1v) is 4.39. The number of halogens is 3. The van der Waals surface area contributed by atoms with Gasteiger partial charge in [0, 0.05) is 6.07 Å². The van der Waals surface area contributed by atoms with Crippen LogP contribution >= 0.6 is 0 Å². The van der Waals surface area contributed by atoms with Gasteiger partial charge in [-0.3, -0.25) is 20.2 Å². The Hall–Kier alpha value is -2.23. The summed E-state index contributed by atoms with van der Waals surface area (Å²) in [6, 6.07) is -0.762. The van der Waals surface area contributed by atoms with Gasteiger partial charge in [-0.25, -0.2) is 0 Å². The summed E-state index contributed by atoms with van der Waals surface area (Å²) in [6.07, 6.45) is -4.87. The molecule has 7 nitrogen and oxygen atoms in total. The molecule has 18 heavy (non-hydrogen) atoms. The SMILES string of the molecule is N[C@H](c1ccc([N+](=O)[O-])cc1[N+](=O)[O-])C(F)(F)F. The van der Waals surface area contributed by atoms with Crippen molar-refractivity contribution in [3.8, 4) is 0 Å². The average molecular weight is 265 g/mol. The number of rotatable bonds is 3. The first kappa shape index (κ1) is 13.8. The number of nitro benzene ring substituents is 2. The Morgan fingerprint density at radius 1 is 1.17 bits per heavy atom. The fourth-order valence-corrected chi connectivity index (χ4v) is 1.24. The van der Waals surface area contributed by atoms with E-state index >= 15 is 0 Å². The Bertz CT molecular complexity index is 503. The van der Waals surface area contributed by atoms with Crippen LogP contribution in [0.3, 0.4) is 0 Å². The molecule has 0 amide bonds. The summed E-state index contributed by atoms with van der Waals surface area (Å²) in [7, 11) is 0. The molecule has 0 aliphatic heterocycles. The molecule has 0 unspecified atom stereocenters. The van der Waals surface area contributed by atoms with Gasteiger partial charge < -0.3 is 5.73 Å². The Morgan fingerprint density at radius 2 is 1.72 bits per heavy atom. The topological polar surface area (TPSA) is 112 Å². The zero-order valence-electron chi connectivity index (χ0n) is 8.55. The predicted octanol–water partition coefficient (Wildman–Crippen LogP) is 2.07. The van der Waals surface area contributed by atoms with Gasteiger partial charge >= 0.3 is 6.18 Å². The Kier molecular flexibility index (Phi) is 3.51. The molecule has 0 aromatic heterocycles. The predicted molar refractivity (Wildman–Crippen MR) is 52.7 cm³/mol. The number of alkyl halides is 3. The first-order chi connectivity index (χ1) is 8.14. The number of non-ortho nitro benzene ring substituents is 1. The third kappa shape index (κ3) is 2.71. The van der Waals surface area contributed by atoms with Gasteiger partial charge in [-0.1, -0.05) is 0 Å². The molecule has 98 valence electrons. The molecular weight excluding hydrogens is 259 g/mol. The minimum atomic E-state index is -4.87. The van der Waals surface area contributed by atoms with Gasteiger partial charge in [-0.15, -0.1) is 0 Å². The van der Waals surface area contributed by atoms with E-state index in [-0.39, 0.29) is 0 Å². The van der Waals surface area contributed by atoms with Crippen LogP contribution in [0.1, 0.15) is 11.6 Å². The van der Waals surface area contributed by atoms with Gasteiger partial charge in [0.15, 0.2) is 0 Å². The molecule has 0 heterocycles. The van der Waals surface area contributed by atoms with Crippen molar-refractivity contribution in [1.82, 2.24) is 0 Å². The van der Waals surface area contributed by atoms with Crippen molar-refractivity contribution in [1.29, 1.82) is 0 Å². The van der Waals surface area contributed by atoms with Crippen molar-refractivity contribution in [2.45, 2.75) is 12.2 Å². The molecule has 0 spiro atoms. The van der Waals surface area contributed by atoms with Gasteiger partial charge in [0.1, 0.15) is 6.04 Å². The maximum Gasteiger partial charge on any atom is 0.407 e. The molecular formula is C8H6F3N3O4. The molecule has 0 bridgehead atoms. The van der Waals surface area contributed by atoms with E-state index in [4.69, 9.17) is 5.73 Å². The third-order valence-corrected chi connectivity index (χ3v) is 2.11. The second-order valence-corrected chi connectivity index (χ2v) is 3.28. The smallest absolute Gasteiger partial charge is 0.316 e. The van der Waals surface area contributed by atoms with Crippen molar-refractivity contribution >= 4 is 11.4 Å². The van der Waals surface area contributed by atoms with E-state index in [2.05, 4.69) is 0 Å². The zero-order chi connectivity index (χ0) is 14.1. The highest BCUT2D eigenvalue weighted by Gasteiger charge is 2.41. The molecule has 0 saturated carbocycles. The maximum atomic E-state index is 12.4. The number of hydrogen-bond donors (Lipinski definition) is 1. The lowest BCUT2D eigenvalue weighted by molar-refractivity contribution is -0.395. The second kappa shape index (κ2) is 4.56. The van der Waals surface area contributed by atoms with Crippen LogP contribution in [0.4, 0.5) is 24.5 Å². The molecule has 10 heteroatoms. The molecule has 1 aromatic carbocycles. The Balaban J connectivity index is 3.37. The lowest BCUT2D eigenvalue weighted by Crippen LogP contribution is -2.29. The van der Waals surface area contributed by atoms with Crippen LogP contribution in [0.15, 0.2) is 18.2 Å². The van der Waals surface area contributed by atoms with Crippen LogP contribution < -0.4 is 5.73 Å². The number of hydrogen-bond acceptors (Lipinski definition) is 5. The summed E-state index contributed by atoms with van der Waals surface area (Å²) < 4.78 is 37.1. The maximum absolute atomic E-state index is 12.4. The standard InChI is InChI=1S/C8H6F3N3O4/c9-8(10,11)7(12)5-2-1-4(13(15)16)3-6(5)14(17)18/h1-3,7H,12H2/t7-/m1/s1. The number of nitrogens with two attached hydrogens (primary N) is 1. The Labute approximate surface area is 97.3 Å². The summed E-state index contributed by atoms with van der Waals surface area (Å²) in [6.45, 7) is 0. The van der Waals surface area contributed by atoms with Crippen LogP contribution in [0.2, 0.25) is 0 Å². The molecule has 1 rings (SSSR count). The van der Waals surface area contributed by atoms with Crippen LogP contribution in [0.25, 0.3) is 0 Å². The van der Waals surface area contributed by atoms with Gasteiger partial charge in [-0.2, -0.15) is 13.2 Å². The fraction of sp³-hybridized carbons (Fsp3) is 0.250. The van der Waals surface area contributed by atoms with Gasteiger partial charge in [-0.05, 0) is 6.07 Å². The molecule has 2 N–H and O–H groups in total. The molecule has 0 radical (unpaired) electrons. The lowest BCUT2D eigenvalue weighted by Gasteiger charge is -2.15. The van der Waals surface area contributed by atoms with Crippen molar-refractivity contribution in [3.63, 3.8) is 0 Å². The highest BCUT2D eigenvalue weighted by atomic mass is 19.4. The number of nitro groups is 2.